The van der Waals surface area contributed by atoms with Crippen molar-refractivity contribution in [2.45, 2.75) is 17.7 Å². The third kappa shape index (κ3) is 4.89. The molecule has 0 unspecified atom stereocenters. The first-order valence-electron chi connectivity index (χ1n) is 6.84. The lowest BCUT2D eigenvalue weighted by atomic mass is 10.3. The van der Waals surface area contributed by atoms with Crippen LogP contribution >= 0.6 is 23.1 Å². The summed E-state index contributed by atoms with van der Waals surface area (Å²) in [5, 5.41) is 5.08. The van der Waals surface area contributed by atoms with Gasteiger partial charge in [-0.2, -0.15) is 0 Å². The third-order valence-corrected chi connectivity index (χ3v) is 4.81. The lowest BCUT2D eigenvalue weighted by Crippen LogP contribution is -2.13. The lowest BCUT2D eigenvalue weighted by molar-refractivity contribution is -0.116. The van der Waals surface area contributed by atoms with Crippen LogP contribution in [0.3, 0.4) is 0 Å². The molecular weight excluding hydrogens is 318 g/mol. The van der Waals surface area contributed by atoms with Crippen LogP contribution in [-0.2, 0) is 9.53 Å². The number of carbonyl (C=O) groups is 2. The molecule has 0 atom stereocenters. The van der Waals surface area contributed by atoms with Crippen molar-refractivity contribution in [1.29, 1.82) is 0 Å². The monoisotopic (exact) mass is 335 g/mol. The maximum atomic E-state index is 11.9. The van der Waals surface area contributed by atoms with Crippen molar-refractivity contribution in [3.05, 3.63) is 47.3 Å². The van der Waals surface area contributed by atoms with E-state index in [2.05, 4.69) is 22.2 Å². The van der Waals surface area contributed by atoms with Crippen LogP contribution in [0.5, 0.6) is 0 Å². The van der Waals surface area contributed by atoms with E-state index in [0.717, 1.165) is 12.2 Å². The number of benzene rings is 1. The van der Waals surface area contributed by atoms with Gasteiger partial charge in [-0.15, -0.1) is 23.1 Å². The fraction of sp³-hybridized carbons (Fsp3) is 0.250. The lowest BCUT2D eigenvalue weighted by Gasteiger charge is -2.05. The number of amides is 1. The van der Waals surface area contributed by atoms with Gasteiger partial charge in [0.05, 0.1) is 12.7 Å². The predicted molar refractivity (Wildman–Crippen MR) is 90.7 cm³/mol. The van der Waals surface area contributed by atoms with Crippen LogP contribution < -0.4 is 5.32 Å². The van der Waals surface area contributed by atoms with Crippen LogP contribution in [0.2, 0.25) is 0 Å². The molecule has 2 rings (SSSR count). The average Bonchev–Trinajstić information content (AvgIpc) is 3.00. The van der Waals surface area contributed by atoms with E-state index >= 15 is 0 Å². The topological polar surface area (TPSA) is 55.4 Å². The number of ether oxygens (including phenoxy) is 1. The summed E-state index contributed by atoms with van der Waals surface area (Å²) >= 11 is 3.05. The molecule has 0 spiro atoms. The first kappa shape index (κ1) is 16.6. The fourth-order valence-corrected chi connectivity index (χ4v) is 3.47. The van der Waals surface area contributed by atoms with Crippen LogP contribution in [0.25, 0.3) is 0 Å². The Kier molecular flexibility index (Phi) is 6.48. The number of carbonyl (C=O) groups excluding carboxylic acids is 2. The second-order valence-electron chi connectivity index (χ2n) is 4.47. The highest BCUT2D eigenvalue weighted by molar-refractivity contribution is 7.99. The molecule has 0 fully saturated rings. The number of anilines is 1. The molecule has 6 heteroatoms. The number of methoxy groups -OCH3 is 1. The molecular formula is C16H17NO3S2. The minimum atomic E-state index is -0.434. The number of hydrogen-bond donors (Lipinski definition) is 1. The smallest absolute Gasteiger partial charge is 0.340 e. The Bertz CT molecular complexity index is 625. The molecule has 1 aromatic heterocycles. The summed E-state index contributed by atoms with van der Waals surface area (Å²) in [5.74, 6) is 0.364. The molecule has 22 heavy (non-hydrogen) atoms. The van der Waals surface area contributed by atoms with Gasteiger partial charge in [-0.3, -0.25) is 4.79 Å². The molecule has 1 N–H and O–H groups in total. The van der Waals surface area contributed by atoms with E-state index in [1.54, 1.807) is 23.2 Å². The van der Waals surface area contributed by atoms with E-state index in [1.807, 2.05) is 18.2 Å². The van der Waals surface area contributed by atoms with Crippen LogP contribution in [0.4, 0.5) is 5.00 Å². The van der Waals surface area contributed by atoms with E-state index in [9.17, 15) is 9.59 Å². The van der Waals surface area contributed by atoms with Crippen LogP contribution in [-0.4, -0.2) is 24.7 Å². The summed E-state index contributed by atoms with van der Waals surface area (Å²) in [4.78, 5) is 24.6. The van der Waals surface area contributed by atoms with Crippen molar-refractivity contribution in [2.75, 3.05) is 18.2 Å². The second kappa shape index (κ2) is 8.60. The molecule has 0 saturated carbocycles. The Balaban J connectivity index is 1.74. The largest absolute Gasteiger partial charge is 0.465 e. The molecule has 0 bridgehead atoms. The van der Waals surface area contributed by atoms with Crippen molar-refractivity contribution >= 4 is 40.0 Å². The Hall–Kier alpha value is -1.79. The summed E-state index contributed by atoms with van der Waals surface area (Å²) in [5.41, 5.74) is 0.402. The van der Waals surface area contributed by atoms with Gasteiger partial charge >= 0.3 is 5.97 Å². The summed E-state index contributed by atoms with van der Waals surface area (Å²) in [6.07, 6.45) is 1.21. The van der Waals surface area contributed by atoms with E-state index in [4.69, 9.17) is 0 Å². The van der Waals surface area contributed by atoms with Crippen molar-refractivity contribution < 1.29 is 14.3 Å². The number of nitrogens with one attached hydrogen (secondary N) is 1. The van der Waals surface area contributed by atoms with E-state index in [0.29, 0.717) is 17.0 Å². The number of rotatable bonds is 7. The molecule has 0 aliphatic heterocycles. The van der Waals surface area contributed by atoms with Crippen LogP contribution in [0.1, 0.15) is 23.2 Å². The first-order chi connectivity index (χ1) is 10.7. The SMILES string of the molecule is COC(=O)c1ccsc1NC(=O)CCCSc1ccccc1. The summed E-state index contributed by atoms with van der Waals surface area (Å²) in [7, 11) is 1.33. The van der Waals surface area contributed by atoms with Gasteiger partial charge in [-0.1, -0.05) is 18.2 Å². The summed E-state index contributed by atoms with van der Waals surface area (Å²) in [6.45, 7) is 0. The van der Waals surface area contributed by atoms with Crippen molar-refractivity contribution in [3.8, 4) is 0 Å². The highest BCUT2D eigenvalue weighted by Crippen LogP contribution is 2.24. The molecule has 1 heterocycles. The van der Waals surface area contributed by atoms with Gasteiger partial charge in [0.1, 0.15) is 5.00 Å². The number of hydrogen-bond acceptors (Lipinski definition) is 5. The summed E-state index contributed by atoms with van der Waals surface area (Å²) < 4.78 is 4.68. The van der Waals surface area contributed by atoms with Gasteiger partial charge in [-0.05, 0) is 35.8 Å². The molecule has 0 aliphatic rings. The highest BCUT2D eigenvalue weighted by Gasteiger charge is 2.15. The Morgan fingerprint density at radius 3 is 2.73 bits per heavy atom. The Morgan fingerprint density at radius 2 is 2.00 bits per heavy atom. The molecule has 1 aromatic carbocycles. The molecule has 4 nitrogen and oxygen atoms in total. The molecule has 2 aromatic rings. The Morgan fingerprint density at radius 1 is 1.23 bits per heavy atom. The average molecular weight is 335 g/mol. The molecule has 0 radical (unpaired) electrons. The minimum absolute atomic E-state index is 0.0822. The van der Waals surface area contributed by atoms with Gasteiger partial charge in [0.2, 0.25) is 5.91 Å². The third-order valence-electron chi connectivity index (χ3n) is 2.88. The predicted octanol–water partition coefficient (Wildman–Crippen LogP) is 4.05. The van der Waals surface area contributed by atoms with E-state index in [1.165, 1.54) is 23.3 Å². The summed E-state index contributed by atoms with van der Waals surface area (Å²) in [6, 6.07) is 11.7. The van der Waals surface area contributed by atoms with E-state index < -0.39 is 5.97 Å². The number of thioether (sulfide) groups is 1. The van der Waals surface area contributed by atoms with Crippen molar-refractivity contribution in [3.63, 3.8) is 0 Å². The standard InChI is InChI=1S/C16H17NO3S2/c1-20-16(19)13-9-11-22-15(13)17-14(18)8-5-10-21-12-6-3-2-4-7-12/h2-4,6-7,9,11H,5,8,10H2,1H3,(H,17,18). The first-order valence-corrected chi connectivity index (χ1v) is 8.70. The Labute approximate surface area is 137 Å². The molecule has 0 saturated heterocycles. The van der Waals surface area contributed by atoms with Gasteiger partial charge in [-0.25, -0.2) is 4.79 Å². The molecule has 1 amide bonds. The number of esters is 1. The second-order valence-corrected chi connectivity index (χ2v) is 6.55. The number of thiophene rings is 1. The molecule has 0 aliphatic carbocycles. The van der Waals surface area contributed by atoms with Crippen molar-refractivity contribution in [1.82, 2.24) is 0 Å². The normalized spacial score (nSPS) is 10.2. The van der Waals surface area contributed by atoms with Crippen LogP contribution in [0.15, 0.2) is 46.7 Å². The molecule has 116 valence electrons. The maximum absolute atomic E-state index is 11.9. The quantitative estimate of drug-likeness (QED) is 0.471. The minimum Gasteiger partial charge on any atom is -0.465 e. The maximum Gasteiger partial charge on any atom is 0.340 e. The zero-order valence-corrected chi connectivity index (χ0v) is 13.8. The fourth-order valence-electron chi connectivity index (χ4n) is 1.81. The highest BCUT2D eigenvalue weighted by atomic mass is 32.2. The van der Waals surface area contributed by atoms with Gasteiger partial charge < -0.3 is 10.1 Å². The zero-order chi connectivity index (χ0) is 15.8. The van der Waals surface area contributed by atoms with Gasteiger partial charge in [0.25, 0.3) is 0 Å². The van der Waals surface area contributed by atoms with Crippen LogP contribution in [0, 0.1) is 0 Å². The van der Waals surface area contributed by atoms with Gasteiger partial charge in [0.15, 0.2) is 0 Å². The van der Waals surface area contributed by atoms with Crippen molar-refractivity contribution in [2.24, 2.45) is 0 Å². The zero-order valence-electron chi connectivity index (χ0n) is 12.2. The van der Waals surface area contributed by atoms with Gasteiger partial charge in [0, 0.05) is 11.3 Å². The van der Waals surface area contributed by atoms with E-state index in [-0.39, 0.29) is 5.91 Å².